The molecule has 0 aromatic heterocycles. The lowest BCUT2D eigenvalue weighted by atomic mass is 10.1. The largest absolute Gasteiger partial charge is 0.243 e. The molecule has 0 radical (unpaired) electrons. The van der Waals surface area contributed by atoms with E-state index in [-0.39, 0.29) is 9.92 Å². The number of sulfonamides is 1. The molecule has 0 spiro atoms. The summed E-state index contributed by atoms with van der Waals surface area (Å²) >= 11 is 5.93. The van der Waals surface area contributed by atoms with Crippen molar-refractivity contribution in [1.29, 1.82) is 5.26 Å². The Morgan fingerprint density at radius 2 is 1.70 bits per heavy atom. The van der Waals surface area contributed by atoms with Gasteiger partial charge in [0.1, 0.15) is 6.07 Å². The van der Waals surface area contributed by atoms with E-state index in [0.717, 1.165) is 25.7 Å². The summed E-state index contributed by atoms with van der Waals surface area (Å²) in [5.74, 6) is 0. The van der Waals surface area contributed by atoms with Crippen molar-refractivity contribution >= 4 is 21.6 Å². The number of hydrogen-bond donors (Lipinski definition) is 0. The van der Waals surface area contributed by atoms with E-state index in [2.05, 4.69) is 0 Å². The molecule has 0 amide bonds. The van der Waals surface area contributed by atoms with Gasteiger partial charge in [-0.05, 0) is 31.0 Å². The molecule has 0 N–H and O–H groups in total. The SMILES string of the molecule is N#Cc1ccc(S(=O)(=O)N2CCCCCCC2)cc1Cl. The van der Waals surface area contributed by atoms with Crippen LogP contribution in [0.2, 0.25) is 5.02 Å². The van der Waals surface area contributed by atoms with Crippen molar-refractivity contribution in [3.8, 4) is 6.07 Å². The second-order valence-corrected chi connectivity index (χ2v) is 7.27. The summed E-state index contributed by atoms with van der Waals surface area (Å²) in [7, 11) is -3.51. The second kappa shape index (κ2) is 6.57. The van der Waals surface area contributed by atoms with E-state index >= 15 is 0 Å². The highest BCUT2D eigenvalue weighted by Crippen LogP contribution is 2.24. The molecule has 0 atom stereocenters. The summed E-state index contributed by atoms with van der Waals surface area (Å²) in [5, 5.41) is 9.02. The lowest BCUT2D eigenvalue weighted by Gasteiger charge is -2.24. The van der Waals surface area contributed by atoms with Crippen LogP contribution in [0, 0.1) is 11.3 Å². The zero-order valence-corrected chi connectivity index (χ0v) is 12.8. The Morgan fingerprint density at radius 3 is 2.25 bits per heavy atom. The molecular formula is C14H17ClN2O2S. The molecule has 1 aliphatic rings. The fraction of sp³-hybridized carbons (Fsp3) is 0.500. The average molecular weight is 313 g/mol. The highest BCUT2D eigenvalue weighted by Gasteiger charge is 2.25. The van der Waals surface area contributed by atoms with Gasteiger partial charge < -0.3 is 0 Å². The quantitative estimate of drug-likeness (QED) is 0.842. The number of benzene rings is 1. The minimum atomic E-state index is -3.51. The van der Waals surface area contributed by atoms with Crippen LogP contribution in [0.5, 0.6) is 0 Å². The molecule has 2 rings (SSSR count). The third-order valence-corrected chi connectivity index (χ3v) is 5.72. The molecule has 1 saturated heterocycles. The zero-order chi connectivity index (χ0) is 14.6. The maximum atomic E-state index is 12.6. The van der Waals surface area contributed by atoms with Crippen LogP contribution in [0.3, 0.4) is 0 Å². The standard InChI is InChI=1S/C14H17ClN2O2S/c15-14-10-13(7-6-12(14)11-16)20(18,19)17-8-4-2-1-3-5-9-17/h6-7,10H,1-5,8-9H2. The normalized spacial score (nSPS) is 18.0. The Bertz CT molecular complexity index is 615. The number of nitriles is 1. The molecular weight excluding hydrogens is 296 g/mol. The summed E-state index contributed by atoms with van der Waals surface area (Å²) in [5.41, 5.74) is 0.290. The van der Waals surface area contributed by atoms with Crippen LogP contribution in [-0.2, 0) is 10.0 Å². The molecule has 0 unspecified atom stereocenters. The smallest absolute Gasteiger partial charge is 0.207 e. The summed E-state index contributed by atoms with van der Waals surface area (Å²) in [6.07, 6.45) is 5.10. The van der Waals surface area contributed by atoms with E-state index in [1.807, 2.05) is 6.07 Å². The second-order valence-electron chi connectivity index (χ2n) is 4.93. The monoisotopic (exact) mass is 312 g/mol. The molecule has 1 aromatic carbocycles. The van der Waals surface area contributed by atoms with Crippen molar-refractivity contribution < 1.29 is 8.42 Å². The molecule has 1 aromatic rings. The molecule has 1 fully saturated rings. The minimum absolute atomic E-state index is 0.169. The van der Waals surface area contributed by atoms with Crippen LogP contribution in [-0.4, -0.2) is 25.8 Å². The van der Waals surface area contributed by atoms with Crippen LogP contribution in [0.25, 0.3) is 0 Å². The number of halogens is 1. The highest BCUT2D eigenvalue weighted by atomic mass is 35.5. The summed E-state index contributed by atoms with van der Waals surface area (Å²) in [4.78, 5) is 0.169. The van der Waals surface area contributed by atoms with Gasteiger partial charge in [0.2, 0.25) is 10.0 Å². The van der Waals surface area contributed by atoms with Crippen LogP contribution >= 0.6 is 11.6 Å². The molecule has 6 heteroatoms. The first-order chi connectivity index (χ1) is 9.55. The fourth-order valence-corrected chi connectivity index (χ4v) is 4.19. The molecule has 0 aliphatic carbocycles. The van der Waals surface area contributed by atoms with Crippen molar-refractivity contribution in [3.05, 3.63) is 28.8 Å². The van der Waals surface area contributed by atoms with Gasteiger partial charge in [-0.1, -0.05) is 30.9 Å². The van der Waals surface area contributed by atoms with Crippen molar-refractivity contribution in [3.63, 3.8) is 0 Å². The van der Waals surface area contributed by atoms with Crippen molar-refractivity contribution in [1.82, 2.24) is 4.31 Å². The maximum Gasteiger partial charge on any atom is 0.243 e. The Balaban J connectivity index is 2.29. The fourth-order valence-electron chi connectivity index (χ4n) is 2.35. The maximum absolute atomic E-state index is 12.6. The Morgan fingerprint density at radius 1 is 1.10 bits per heavy atom. The number of hydrogen-bond acceptors (Lipinski definition) is 3. The predicted octanol–water partition coefficient (Wildman–Crippen LogP) is 3.17. The van der Waals surface area contributed by atoms with Gasteiger partial charge in [-0.3, -0.25) is 0 Å². The zero-order valence-electron chi connectivity index (χ0n) is 11.2. The van der Waals surface area contributed by atoms with Crippen molar-refractivity contribution in [2.45, 2.75) is 37.0 Å². The van der Waals surface area contributed by atoms with Crippen LogP contribution < -0.4 is 0 Å². The lowest BCUT2D eigenvalue weighted by molar-refractivity contribution is 0.364. The van der Waals surface area contributed by atoms with Crippen molar-refractivity contribution in [2.75, 3.05) is 13.1 Å². The van der Waals surface area contributed by atoms with Gasteiger partial charge in [-0.15, -0.1) is 0 Å². The summed E-state index contributed by atoms with van der Waals surface area (Å²) in [6, 6.07) is 6.22. The van der Waals surface area contributed by atoms with Gasteiger partial charge in [0.25, 0.3) is 0 Å². The van der Waals surface area contributed by atoms with Gasteiger partial charge in [-0.2, -0.15) is 9.57 Å². The minimum Gasteiger partial charge on any atom is -0.207 e. The molecule has 4 nitrogen and oxygen atoms in total. The molecule has 20 heavy (non-hydrogen) atoms. The van der Waals surface area contributed by atoms with Gasteiger partial charge in [-0.25, -0.2) is 8.42 Å². The van der Waals surface area contributed by atoms with Gasteiger partial charge in [0, 0.05) is 13.1 Å². The first-order valence-electron chi connectivity index (χ1n) is 6.75. The predicted molar refractivity (Wildman–Crippen MR) is 78.0 cm³/mol. The third kappa shape index (κ3) is 3.32. The van der Waals surface area contributed by atoms with Crippen LogP contribution in [0.1, 0.15) is 37.7 Å². The summed E-state index contributed by atoms with van der Waals surface area (Å²) < 4.78 is 26.7. The average Bonchev–Trinajstić information content (AvgIpc) is 2.37. The third-order valence-electron chi connectivity index (χ3n) is 3.51. The first kappa shape index (κ1) is 15.3. The van der Waals surface area contributed by atoms with E-state index in [1.54, 1.807) is 0 Å². The van der Waals surface area contributed by atoms with E-state index < -0.39 is 10.0 Å². The number of rotatable bonds is 2. The van der Waals surface area contributed by atoms with E-state index in [4.69, 9.17) is 16.9 Å². The van der Waals surface area contributed by atoms with E-state index in [1.165, 1.54) is 28.9 Å². The van der Waals surface area contributed by atoms with Crippen molar-refractivity contribution in [2.24, 2.45) is 0 Å². The van der Waals surface area contributed by atoms with Crippen LogP contribution in [0.4, 0.5) is 0 Å². The first-order valence-corrected chi connectivity index (χ1v) is 8.57. The van der Waals surface area contributed by atoms with Gasteiger partial charge >= 0.3 is 0 Å². The van der Waals surface area contributed by atoms with Gasteiger partial charge in [0.05, 0.1) is 15.5 Å². The Hall–Kier alpha value is -1.09. The molecule has 1 aliphatic heterocycles. The molecule has 0 saturated carbocycles. The summed E-state index contributed by atoms with van der Waals surface area (Å²) in [6.45, 7) is 1.11. The topological polar surface area (TPSA) is 61.2 Å². The molecule has 108 valence electrons. The number of nitrogens with zero attached hydrogens (tertiary/aromatic N) is 2. The lowest BCUT2D eigenvalue weighted by Crippen LogP contribution is -2.33. The van der Waals surface area contributed by atoms with Gasteiger partial charge in [0.15, 0.2) is 0 Å². The molecule has 0 bridgehead atoms. The Labute approximate surface area is 125 Å². The molecule has 1 heterocycles. The van der Waals surface area contributed by atoms with Crippen LogP contribution in [0.15, 0.2) is 23.1 Å². The van der Waals surface area contributed by atoms with E-state index in [0.29, 0.717) is 18.7 Å². The Kier molecular flexibility index (Phi) is 5.03. The highest BCUT2D eigenvalue weighted by molar-refractivity contribution is 7.89. The van der Waals surface area contributed by atoms with E-state index in [9.17, 15) is 8.42 Å².